The van der Waals surface area contributed by atoms with Gasteiger partial charge in [0, 0.05) is 36.8 Å². The van der Waals surface area contributed by atoms with Crippen molar-refractivity contribution in [3.05, 3.63) is 48.0 Å². The van der Waals surface area contributed by atoms with Crippen molar-refractivity contribution in [2.24, 2.45) is 5.92 Å². The average Bonchev–Trinajstić information content (AvgIpc) is 3.04. The SMILES string of the molecule is COc1ccc(S(=O)(=O)Nc2ccc3c(c2)CC(=O)N([C@@H](C)CO)C[C@@H](C)[C@H](CN(C)C(=O)NC2CCCCC2)O3)cc1. The highest BCUT2D eigenvalue weighted by molar-refractivity contribution is 7.92. The Labute approximate surface area is 254 Å². The van der Waals surface area contributed by atoms with Gasteiger partial charge < -0.3 is 29.7 Å². The number of ether oxygens (including phenoxy) is 2. The average molecular weight is 617 g/mol. The Morgan fingerprint density at radius 1 is 1.16 bits per heavy atom. The molecule has 0 unspecified atom stereocenters. The van der Waals surface area contributed by atoms with Crippen molar-refractivity contribution in [1.82, 2.24) is 15.1 Å². The summed E-state index contributed by atoms with van der Waals surface area (Å²) in [4.78, 5) is 29.9. The molecule has 11 nitrogen and oxygen atoms in total. The highest BCUT2D eigenvalue weighted by atomic mass is 32.2. The summed E-state index contributed by atoms with van der Waals surface area (Å²) in [6.07, 6.45) is 4.85. The molecule has 236 valence electrons. The Morgan fingerprint density at radius 3 is 2.51 bits per heavy atom. The van der Waals surface area contributed by atoms with E-state index in [2.05, 4.69) is 10.0 Å². The molecular formula is C31H44N4O7S. The predicted molar refractivity (Wildman–Crippen MR) is 164 cm³/mol. The van der Waals surface area contributed by atoms with E-state index < -0.39 is 22.2 Å². The van der Waals surface area contributed by atoms with Crippen molar-refractivity contribution in [3.8, 4) is 11.5 Å². The van der Waals surface area contributed by atoms with Crippen LogP contribution >= 0.6 is 0 Å². The van der Waals surface area contributed by atoms with E-state index in [9.17, 15) is 23.1 Å². The molecule has 2 aromatic carbocycles. The monoisotopic (exact) mass is 616 g/mol. The number of anilines is 1. The van der Waals surface area contributed by atoms with Crippen LogP contribution in [0.3, 0.4) is 0 Å². The zero-order valence-electron chi connectivity index (χ0n) is 25.4. The number of sulfonamides is 1. The van der Waals surface area contributed by atoms with Crippen molar-refractivity contribution >= 4 is 27.6 Å². The first kappa shape index (κ1) is 32.4. The van der Waals surface area contributed by atoms with Crippen LogP contribution in [0.5, 0.6) is 11.5 Å². The van der Waals surface area contributed by atoms with Gasteiger partial charge in [0.05, 0.1) is 37.6 Å². The summed E-state index contributed by atoms with van der Waals surface area (Å²) in [5.41, 5.74) is 0.782. The Kier molecular flexibility index (Phi) is 10.8. The molecule has 0 spiro atoms. The van der Waals surface area contributed by atoms with Gasteiger partial charge in [0.2, 0.25) is 5.91 Å². The molecule has 43 heavy (non-hydrogen) atoms. The molecule has 0 saturated heterocycles. The van der Waals surface area contributed by atoms with Gasteiger partial charge in [-0.15, -0.1) is 0 Å². The van der Waals surface area contributed by atoms with Gasteiger partial charge in [0.1, 0.15) is 17.6 Å². The fourth-order valence-electron chi connectivity index (χ4n) is 5.56. The van der Waals surface area contributed by atoms with Crippen LogP contribution in [0.2, 0.25) is 0 Å². The minimum Gasteiger partial charge on any atom is -0.497 e. The lowest BCUT2D eigenvalue weighted by molar-refractivity contribution is -0.134. The van der Waals surface area contributed by atoms with Crippen molar-refractivity contribution in [1.29, 1.82) is 0 Å². The predicted octanol–water partition coefficient (Wildman–Crippen LogP) is 3.62. The number of carbonyl (C=O) groups excluding carboxylic acids is 2. The molecule has 12 heteroatoms. The number of aliphatic hydroxyl groups excluding tert-OH is 1. The van der Waals surface area contributed by atoms with Crippen LogP contribution in [-0.2, 0) is 21.2 Å². The number of hydrogen-bond donors (Lipinski definition) is 3. The van der Waals surface area contributed by atoms with E-state index in [1.165, 1.54) is 25.7 Å². The minimum atomic E-state index is -3.91. The van der Waals surface area contributed by atoms with E-state index >= 15 is 0 Å². The Hall–Kier alpha value is -3.51. The van der Waals surface area contributed by atoms with Crippen molar-refractivity contribution in [3.63, 3.8) is 0 Å². The number of nitrogens with zero attached hydrogens (tertiary/aromatic N) is 2. The van der Waals surface area contributed by atoms with E-state index in [0.717, 1.165) is 25.7 Å². The van der Waals surface area contributed by atoms with Gasteiger partial charge in [0.15, 0.2) is 0 Å². The lowest BCUT2D eigenvalue weighted by atomic mass is 9.96. The minimum absolute atomic E-state index is 0.0464. The van der Waals surface area contributed by atoms with Crippen molar-refractivity contribution < 1.29 is 32.6 Å². The number of fused-ring (bicyclic) bond motifs is 1. The van der Waals surface area contributed by atoms with E-state index in [-0.39, 0.29) is 54.1 Å². The molecule has 3 amide bonds. The summed E-state index contributed by atoms with van der Waals surface area (Å²) < 4.78 is 40.4. The zero-order chi connectivity index (χ0) is 31.1. The number of methoxy groups -OCH3 is 1. The van der Waals surface area contributed by atoms with Crippen molar-refractivity contribution in [2.45, 2.75) is 75.5 Å². The van der Waals surface area contributed by atoms with Crippen LogP contribution in [0.15, 0.2) is 47.4 Å². The standard InChI is InChI=1S/C31H44N4O7S/c1-21-18-35(22(2)20-36)30(37)17-23-16-25(33-43(39,40)27-13-11-26(41-4)12-14-27)10-15-28(23)42-29(21)19-34(3)31(38)32-24-8-6-5-7-9-24/h10-16,21-22,24,29,33,36H,5-9,17-20H2,1-4H3,(H,32,38)/t21-,22+,29+/m1/s1. The maximum absolute atomic E-state index is 13.5. The third-order valence-electron chi connectivity index (χ3n) is 8.27. The van der Waals surface area contributed by atoms with Gasteiger partial charge in [-0.1, -0.05) is 26.2 Å². The number of carbonyl (C=O) groups is 2. The van der Waals surface area contributed by atoms with Crippen molar-refractivity contribution in [2.75, 3.05) is 38.6 Å². The Balaban J connectivity index is 1.59. The third kappa shape index (κ3) is 8.32. The summed E-state index contributed by atoms with van der Waals surface area (Å²) in [5, 5.41) is 13.0. The molecule has 0 aromatic heterocycles. The van der Waals surface area contributed by atoms with Crippen LogP contribution in [0.25, 0.3) is 0 Å². The summed E-state index contributed by atoms with van der Waals surface area (Å²) >= 11 is 0. The first-order chi connectivity index (χ1) is 20.5. The van der Waals surface area contributed by atoms with Crippen LogP contribution < -0.4 is 19.5 Å². The summed E-state index contributed by atoms with van der Waals surface area (Å²) in [5.74, 6) is 0.589. The fraction of sp³-hybridized carbons (Fsp3) is 0.548. The van der Waals surface area contributed by atoms with Gasteiger partial charge in [-0.3, -0.25) is 9.52 Å². The van der Waals surface area contributed by atoms with Crippen LogP contribution in [-0.4, -0.2) is 87.3 Å². The largest absolute Gasteiger partial charge is 0.497 e. The van der Waals surface area contributed by atoms with Crippen LogP contribution in [0.1, 0.15) is 51.5 Å². The number of likely N-dealkylation sites (N-methyl/N-ethyl adjacent to an activating group) is 1. The molecular weight excluding hydrogens is 572 g/mol. The molecule has 4 rings (SSSR count). The molecule has 1 saturated carbocycles. The molecule has 0 radical (unpaired) electrons. The summed E-state index contributed by atoms with van der Waals surface area (Å²) in [6, 6.07) is 10.5. The molecule has 1 heterocycles. The number of amides is 3. The Bertz CT molecular complexity index is 1360. The zero-order valence-corrected chi connectivity index (χ0v) is 26.2. The highest BCUT2D eigenvalue weighted by Gasteiger charge is 2.32. The van der Waals surface area contributed by atoms with Crippen LogP contribution in [0, 0.1) is 5.92 Å². The topological polar surface area (TPSA) is 138 Å². The Morgan fingerprint density at radius 2 is 1.86 bits per heavy atom. The lowest BCUT2D eigenvalue weighted by Crippen LogP contribution is -2.50. The number of hydrogen-bond acceptors (Lipinski definition) is 7. The number of nitrogens with one attached hydrogen (secondary N) is 2. The van der Waals surface area contributed by atoms with Gasteiger partial charge in [-0.2, -0.15) is 0 Å². The van der Waals surface area contributed by atoms with E-state index in [0.29, 0.717) is 23.6 Å². The molecule has 1 aliphatic heterocycles. The third-order valence-corrected chi connectivity index (χ3v) is 9.67. The first-order valence-corrected chi connectivity index (χ1v) is 16.4. The van der Waals surface area contributed by atoms with Gasteiger partial charge in [-0.05, 0) is 62.2 Å². The highest BCUT2D eigenvalue weighted by Crippen LogP contribution is 2.30. The van der Waals surface area contributed by atoms with Gasteiger partial charge >= 0.3 is 6.03 Å². The summed E-state index contributed by atoms with van der Waals surface area (Å²) in [6.45, 7) is 4.14. The summed E-state index contributed by atoms with van der Waals surface area (Å²) in [7, 11) is -0.676. The second kappa shape index (κ2) is 14.3. The second-order valence-corrected chi connectivity index (χ2v) is 13.3. The fourth-order valence-corrected chi connectivity index (χ4v) is 6.61. The molecule has 2 aliphatic rings. The normalized spacial score (nSPS) is 20.5. The molecule has 1 aliphatic carbocycles. The molecule has 3 N–H and O–H groups in total. The van der Waals surface area contributed by atoms with Gasteiger partial charge in [0.25, 0.3) is 10.0 Å². The smallest absolute Gasteiger partial charge is 0.317 e. The second-order valence-electron chi connectivity index (χ2n) is 11.7. The first-order valence-electron chi connectivity index (χ1n) is 14.9. The molecule has 1 fully saturated rings. The quantitative estimate of drug-likeness (QED) is 0.391. The van der Waals surface area contributed by atoms with E-state index in [1.54, 1.807) is 54.1 Å². The van der Waals surface area contributed by atoms with E-state index in [4.69, 9.17) is 9.47 Å². The number of urea groups is 1. The molecule has 2 aromatic rings. The van der Waals surface area contributed by atoms with Gasteiger partial charge in [-0.25, -0.2) is 13.2 Å². The van der Waals surface area contributed by atoms with Crippen LogP contribution in [0.4, 0.5) is 10.5 Å². The van der Waals surface area contributed by atoms with E-state index in [1.807, 2.05) is 6.92 Å². The molecule has 3 atom stereocenters. The number of aliphatic hydroxyl groups is 1. The lowest BCUT2D eigenvalue weighted by Gasteiger charge is -2.34. The maximum atomic E-state index is 13.5. The molecule has 0 bridgehead atoms. The number of benzene rings is 2. The number of rotatable bonds is 9. The maximum Gasteiger partial charge on any atom is 0.317 e.